The zero-order chi connectivity index (χ0) is 18.5. The van der Waals surface area contributed by atoms with Crippen LogP contribution in [0.3, 0.4) is 0 Å². The number of hydrogen-bond donors (Lipinski definition) is 1. The molecular weight excluding hydrogens is 344 g/mol. The number of carbonyl (C=O) groups excluding carboxylic acids is 1. The van der Waals surface area contributed by atoms with Gasteiger partial charge in [0.1, 0.15) is 5.82 Å². The monoisotopic (exact) mass is 370 g/mol. The first-order valence-corrected chi connectivity index (χ1v) is 10.1. The van der Waals surface area contributed by atoms with Gasteiger partial charge in [-0.2, -0.15) is 0 Å². The van der Waals surface area contributed by atoms with Crippen LogP contribution < -0.4 is 10.2 Å². The zero-order valence-electron chi connectivity index (χ0n) is 15.7. The minimum absolute atomic E-state index is 0.0324. The Morgan fingerprint density at radius 2 is 2.00 bits per heavy atom. The van der Waals surface area contributed by atoms with E-state index in [0.717, 1.165) is 41.1 Å². The fraction of sp³-hybridized carbons (Fsp3) is 0.450. The van der Waals surface area contributed by atoms with Gasteiger partial charge in [0.15, 0.2) is 5.16 Å². The first-order valence-electron chi connectivity index (χ1n) is 9.14. The van der Waals surface area contributed by atoms with Crippen molar-refractivity contribution in [1.29, 1.82) is 0 Å². The minimum atomic E-state index is -0.0324. The van der Waals surface area contributed by atoms with Crippen molar-refractivity contribution in [3.05, 3.63) is 47.2 Å². The predicted molar refractivity (Wildman–Crippen MR) is 107 cm³/mol. The highest BCUT2D eigenvalue weighted by Gasteiger charge is 2.15. The summed E-state index contributed by atoms with van der Waals surface area (Å²) >= 11 is 1.61. The molecule has 0 radical (unpaired) electrons. The molecule has 0 saturated carbocycles. The van der Waals surface area contributed by atoms with E-state index in [-0.39, 0.29) is 11.9 Å². The summed E-state index contributed by atoms with van der Waals surface area (Å²) in [6, 6.07) is 9.95. The highest BCUT2D eigenvalue weighted by Crippen LogP contribution is 2.25. The van der Waals surface area contributed by atoms with E-state index >= 15 is 0 Å². The van der Waals surface area contributed by atoms with Crippen LogP contribution >= 0.6 is 11.8 Å². The Morgan fingerprint density at radius 3 is 2.73 bits per heavy atom. The molecule has 1 amide bonds. The molecule has 1 aliphatic heterocycles. The number of carbonyl (C=O) groups is 1. The molecule has 1 fully saturated rings. The van der Waals surface area contributed by atoms with Crippen LogP contribution in [-0.4, -0.2) is 35.0 Å². The summed E-state index contributed by atoms with van der Waals surface area (Å²) < 4.78 is 0. The molecule has 1 aliphatic rings. The maximum Gasteiger partial charge on any atom is 0.251 e. The molecule has 0 aliphatic carbocycles. The second-order valence-corrected chi connectivity index (χ2v) is 7.90. The van der Waals surface area contributed by atoms with E-state index in [1.807, 2.05) is 45.0 Å². The van der Waals surface area contributed by atoms with Crippen molar-refractivity contribution in [3.63, 3.8) is 0 Å². The number of rotatable bonds is 6. The van der Waals surface area contributed by atoms with Gasteiger partial charge in [0.05, 0.1) is 0 Å². The summed E-state index contributed by atoms with van der Waals surface area (Å²) in [7, 11) is 0. The van der Waals surface area contributed by atoms with Gasteiger partial charge in [-0.3, -0.25) is 4.79 Å². The quantitative estimate of drug-likeness (QED) is 0.619. The van der Waals surface area contributed by atoms with Crippen LogP contribution in [0.2, 0.25) is 0 Å². The molecule has 5 nitrogen and oxygen atoms in total. The van der Waals surface area contributed by atoms with E-state index in [2.05, 4.69) is 21.3 Å². The number of nitrogens with one attached hydrogen (secondary N) is 1. The lowest BCUT2D eigenvalue weighted by atomic mass is 10.1. The summed E-state index contributed by atoms with van der Waals surface area (Å²) in [6.45, 7) is 8.10. The van der Waals surface area contributed by atoms with E-state index in [1.54, 1.807) is 11.8 Å². The highest BCUT2D eigenvalue weighted by atomic mass is 32.2. The van der Waals surface area contributed by atoms with E-state index in [9.17, 15) is 4.79 Å². The molecule has 1 saturated heterocycles. The summed E-state index contributed by atoms with van der Waals surface area (Å²) in [5, 5.41) is 3.73. The lowest BCUT2D eigenvalue weighted by Crippen LogP contribution is -2.30. The van der Waals surface area contributed by atoms with E-state index < -0.39 is 0 Å². The average Bonchev–Trinajstić information content (AvgIpc) is 3.14. The lowest BCUT2D eigenvalue weighted by Gasteiger charge is -2.17. The van der Waals surface area contributed by atoms with Crippen LogP contribution in [0.5, 0.6) is 0 Å². The molecule has 3 rings (SSSR count). The maximum absolute atomic E-state index is 12.2. The van der Waals surface area contributed by atoms with Crippen LogP contribution in [0, 0.1) is 6.92 Å². The number of thioether (sulfide) groups is 1. The van der Waals surface area contributed by atoms with E-state index in [4.69, 9.17) is 4.98 Å². The molecule has 0 atom stereocenters. The molecule has 2 aromatic rings. The van der Waals surface area contributed by atoms with Crippen LogP contribution in [0.4, 0.5) is 5.82 Å². The van der Waals surface area contributed by atoms with Crippen molar-refractivity contribution in [3.8, 4) is 0 Å². The summed E-state index contributed by atoms with van der Waals surface area (Å²) in [6.07, 6.45) is 2.47. The molecular formula is C20H26N4OS. The third-order valence-corrected chi connectivity index (χ3v) is 5.15. The standard InChI is InChI=1S/C20H26N4OS/c1-14(2)21-19(25)17-8-6-7-16(12-17)13-26-20-22-15(3)11-18(23-20)24-9-4-5-10-24/h6-8,11-12,14H,4-5,9-10,13H2,1-3H3,(H,21,25). The van der Waals surface area contributed by atoms with Gasteiger partial charge in [0.25, 0.3) is 5.91 Å². The number of anilines is 1. The second kappa shape index (κ2) is 8.54. The SMILES string of the molecule is Cc1cc(N2CCCC2)nc(SCc2cccc(C(=O)NC(C)C)c2)n1. The summed E-state index contributed by atoms with van der Waals surface area (Å²) in [5.41, 5.74) is 2.79. The Kier molecular flexibility index (Phi) is 6.14. The number of hydrogen-bond acceptors (Lipinski definition) is 5. The molecule has 1 aromatic carbocycles. The van der Waals surface area contributed by atoms with Gasteiger partial charge in [0.2, 0.25) is 0 Å². The van der Waals surface area contributed by atoms with Gasteiger partial charge in [-0.05, 0) is 51.3 Å². The number of benzene rings is 1. The Morgan fingerprint density at radius 1 is 1.23 bits per heavy atom. The summed E-state index contributed by atoms with van der Waals surface area (Å²) in [4.78, 5) is 23.8. The molecule has 0 spiro atoms. The summed E-state index contributed by atoms with van der Waals surface area (Å²) in [5.74, 6) is 1.74. The van der Waals surface area contributed by atoms with Crippen molar-refractivity contribution in [1.82, 2.24) is 15.3 Å². The molecule has 26 heavy (non-hydrogen) atoms. The highest BCUT2D eigenvalue weighted by molar-refractivity contribution is 7.98. The Labute approximate surface area is 159 Å². The average molecular weight is 371 g/mol. The molecule has 138 valence electrons. The Balaban J connectivity index is 1.68. The predicted octanol–water partition coefficient (Wildman–Crippen LogP) is 3.82. The molecule has 2 heterocycles. The normalized spacial score (nSPS) is 14.1. The Hall–Kier alpha value is -2.08. The van der Waals surface area contributed by atoms with Crippen molar-refractivity contribution in [2.75, 3.05) is 18.0 Å². The fourth-order valence-electron chi connectivity index (χ4n) is 2.99. The van der Waals surface area contributed by atoms with Crippen molar-refractivity contribution in [2.24, 2.45) is 0 Å². The van der Waals surface area contributed by atoms with Gasteiger partial charge < -0.3 is 10.2 Å². The maximum atomic E-state index is 12.2. The van der Waals surface area contributed by atoms with Crippen molar-refractivity contribution < 1.29 is 4.79 Å². The van der Waals surface area contributed by atoms with Crippen LogP contribution in [0.1, 0.15) is 48.3 Å². The Bertz CT molecular complexity index is 772. The van der Waals surface area contributed by atoms with Crippen LogP contribution in [0.15, 0.2) is 35.5 Å². The van der Waals surface area contributed by atoms with E-state index in [0.29, 0.717) is 5.56 Å². The van der Waals surface area contributed by atoms with E-state index in [1.165, 1.54) is 12.8 Å². The van der Waals surface area contributed by atoms with Gasteiger partial charge >= 0.3 is 0 Å². The van der Waals surface area contributed by atoms with Crippen LogP contribution in [0.25, 0.3) is 0 Å². The topological polar surface area (TPSA) is 58.1 Å². The third-order valence-electron chi connectivity index (χ3n) is 4.23. The van der Waals surface area contributed by atoms with Gasteiger partial charge in [-0.25, -0.2) is 9.97 Å². The third kappa shape index (κ3) is 4.97. The molecule has 1 N–H and O–H groups in total. The smallest absolute Gasteiger partial charge is 0.251 e. The number of nitrogens with zero attached hydrogens (tertiary/aromatic N) is 3. The molecule has 0 bridgehead atoms. The first kappa shape index (κ1) is 18.7. The number of aromatic nitrogens is 2. The molecule has 6 heteroatoms. The van der Waals surface area contributed by atoms with Gasteiger partial charge in [0, 0.05) is 42.2 Å². The number of amides is 1. The minimum Gasteiger partial charge on any atom is -0.356 e. The second-order valence-electron chi connectivity index (χ2n) is 6.96. The fourth-order valence-corrected chi connectivity index (χ4v) is 3.84. The molecule has 0 unspecified atom stereocenters. The molecule has 1 aromatic heterocycles. The zero-order valence-corrected chi connectivity index (χ0v) is 16.5. The lowest BCUT2D eigenvalue weighted by molar-refractivity contribution is 0.0943. The number of aryl methyl sites for hydroxylation is 1. The largest absolute Gasteiger partial charge is 0.356 e. The van der Waals surface area contributed by atoms with Crippen LogP contribution in [-0.2, 0) is 5.75 Å². The van der Waals surface area contributed by atoms with Crippen molar-refractivity contribution in [2.45, 2.75) is 50.6 Å². The first-order chi connectivity index (χ1) is 12.5. The van der Waals surface area contributed by atoms with Crippen molar-refractivity contribution >= 4 is 23.5 Å². The van der Waals surface area contributed by atoms with Gasteiger partial charge in [-0.15, -0.1) is 0 Å². The van der Waals surface area contributed by atoms with Gasteiger partial charge in [-0.1, -0.05) is 23.9 Å².